The van der Waals surface area contributed by atoms with Crippen molar-refractivity contribution in [1.29, 1.82) is 0 Å². The lowest BCUT2D eigenvalue weighted by Gasteiger charge is -2.19. The number of pyridine rings is 1. The SMILES string of the molecule is CCOC(=O)c1cccnc1NC(CC)Cc1ccc(-c2ccccc2-c2nc(=O)s[nH]2)cc1. The van der Waals surface area contributed by atoms with Crippen molar-refractivity contribution < 1.29 is 9.53 Å². The molecule has 4 rings (SSSR count). The maximum absolute atomic E-state index is 12.3. The number of carbonyl (C=O) groups excluding carboxylic acids is 1. The van der Waals surface area contributed by atoms with Crippen molar-refractivity contribution in [3.63, 3.8) is 0 Å². The minimum atomic E-state index is -0.377. The summed E-state index contributed by atoms with van der Waals surface area (Å²) in [5, 5.41) is 3.41. The van der Waals surface area contributed by atoms with E-state index in [1.54, 1.807) is 25.3 Å². The zero-order valence-corrected chi connectivity index (χ0v) is 19.9. The highest BCUT2D eigenvalue weighted by atomic mass is 32.1. The average Bonchev–Trinajstić information content (AvgIpc) is 3.30. The maximum Gasteiger partial charge on any atom is 0.344 e. The third-order valence-corrected chi connectivity index (χ3v) is 6.07. The normalized spacial score (nSPS) is 11.7. The fourth-order valence-electron chi connectivity index (χ4n) is 3.78. The van der Waals surface area contributed by atoms with Gasteiger partial charge in [0.05, 0.1) is 6.61 Å². The molecule has 0 aliphatic heterocycles. The highest BCUT2D eigenvalue weighted by Crippen LogP contribution is 2.30. The number of carbonyl (C=O) groups is 1. The van der Waals surface area contributed by atoms with Crippen LogP contribution in [-0.4, -0.2) is 33.0 Å². The number of ether oxygens (including phenoxy) is 1. The van der Waals surface area contributed by atoms with Crippen molar-refractivity contribution >= 4 is 23.3 Å². The number of esters is 1. The van der Waals surface area contributed by atoms with Crippen LogP contribution in [0.5, 0.6) is 0 Å². The van der Waals surface area contributed by atoms with Crippen LogP contribution in [0.4, 0.5) is 5.82 Å². The Morgan fingerprint density at radius 3 is 2.50 bits per heavy atom. The van der Waals surface area contributed by atoms with E-state index in [0.29, 0.717) is 23.8 Å². The number of aromatic amines is 1. The second-order valence-corrected chi connectivity index (χ2v) is 8.50. The number of H-pyrrole nitrogens is 1. The molecule has 0 amide bonds. The van der Waals surface area contributed by atoms with Gasteiger partial charge in [-0.25, -0.2) is 9.78 Å². The molecule has 2 heterocycles. The highest BCUT2D eigenvalue weighted by Gasteiger charge is 2.17. The Hall–Kier alpha value is -3.78. The minimum absolute atomic E-state index is 0.0984. The first kappa shape index (κ1) is 23.4. The minimum Gasteiger partial charge on any atom is -0.462 e. The van der Waals surface area contributed by atoms with Gasteiger partial charge in [0.2, 0.25) is 0 Å². The van der Waals surface area contributed by atoms with Crippen molar-refractivity contribution in [2.24, 2.45) is 0 Å². The lowest BCUT2D eigenvalue weighted by Crippen LogP contribution is -2.24. The van der Waals surface area contributed by atoms with Gasteiger partial charge in [0.25, 0.3) is 0 Å². The predicted octanol–water partition coefficient (Wildman–Crippen LogP) is 5.17. The molecular weight excluding hydrogens is 448 g/mol. The van der Waals surface area contributed by atoms with Crippen LogP contribution >= 0.6 is 11.5 Å². The van der Waals surface area contributed by atoms with Crippen molar-refractivity contribution in [3.8, 4) is 22.5 Å². The summed E-state index contributed by atoms with van der Waals surface area (Å²) in [6.45, 7) is 4.21. The molecule has 2 aromatic carbocycles. The number of benzene rings is 2. The zero-order valence-electron chi connectivity index (χ0n) is 19.1. The Labute approximate surface area is 202 Å². The largest absolute Gasteiger partial charge is 0.462 e. The molecular formula is C26H26N4O3S. The second kappa shape index (κ2) is 10.9. The van der Waals surface area contributed by atoms with Crippen LogP contribution in [0.1, 0.15) is 36.2 Å². The molecule has 174 valence electrons. The van der Waals surface area contributed by atoms with Crippen LogP contribution < -0.4 is 10.2 Å². The van der Waals surface area contributed by atoms with Gasteiger partial charge in [-0.2, -0.15) is 4.98 Å². The smallest absolute Gasteiger partial charge is 0.344 e. The number of aromatic nitrogens is 3. The first-order valence-electron chi connectivity index (χ1n) is 11.2. The molecule has 0 saturated carbocycles. The highest BCUT2D eigenvalue weighted by molar-refractivity contribution is 7.03. The van der Waals surface area contributed by atoms with Gasteiger partial charge in [0.1, 0.15) is 11.4 Å². The Balaban J connectivity index is 1.52. The van der Waals surface area contributed by atoms with Crippen LogP contribution in [0, 0.1) is 0 Å². The van der Waals surface area contributed by atoms with Gasteiger partial charge < -0.3 is 10.1 Å². The van der Waals surface area contributed by atoms with Crippen molar-refractivity contribution in [2.45, 2.75) is 32.7 Å². The lowest BCUT2D eigenvalue weighted by molar-refractivity contribution is 0.0527. The molecule has 2 aromatic heterocycles. The van der Waals surface area contributed by atoms with Crippen molar-refractivity contribution in [2.75, 3.05) is 11.9 Å². The Morgan fingerprint density at radius 2 is 1.82 bits per heavy atom. The van der Waals surface area contributed by atoms with Crippen LogP contribution in [0.2, 0.25) is 0 Å². The quantitative estimate of drug-likeness (QED) is 0.325. The van der Waals surface area contributed by atoms with Gasteiger partial charge in [0.15, 0.2) is 5.82 Å². The summed E-state index contributed by atoms with van der Waals surface area (Å²) in [5.41, 5.74) is 4.55. The van der Waals surface area contributed by atoms with Gasteiger partial charge in [-0.3, -0.25) is 9.17 Å². The monoisotopic (exact) mass is 474 g/mol. The standard InChI is InChI=1S/C26H26N4O3S/c1-3-19(28-23-22(10-7-15-27-23)25(31)33-4-2)16-17-11-13-18(14-12-17)20-8-5-6-9-21(20)24-29-26(32)34-30-24/h5-15,19H,3-4,16H2,1-2H3,(H,27,28)(H,29,30,32). The van der Waals surface area contributed by atoms with E-state index < -0.39 is 0 Å². The number of hydrogen-bond acceptors (Lipinski definition) is 7. The average molecular weight is 475 g/mol. The first-order chi connectivity index (χ1) is 16.6. The number of nitrogens with zero attached hydrogens (tertiary/aromatic N) is 2. The van der Waals surface area contributed by atoms with Gasteiger partial charge in [0, 0.05) is 29.3 Å². The van der Waals surface area contributed by atoms with Crippen LogP contribution in [-0.2, 0) is 11.2 Å². The summed E-state index contributed by atoms with van der Waals surface area (Å²) in [4.78, 5) is 32.0. The summed E-state index contributed by atoms with van der Waals surface area (Å²) in [6, 6.07) is 19.8. The van der Waals surface area contributed by atoms with E-state index in [1.807, 2.05) is 24.3 Å². The van der Waals surface area contributed by atoms with Gasteiger partial charge >= 0.3 is 10.8 Å². The van der Waals surface area contributed by atoms with E-state index in [4.69, 9.17) is 4.74 Å². The molecule has 8 heteroatoms. The number of anilines is 1. The molecule has 0 bridgehead atoms. The fraction of sp³-hybridized carbons (Fsp3) is 0.231. The van der Waals surface area contributed by atoms with Crippen molar-refractivity contribution in [1.82, 2.24) is 14.3 Å². The summed E-state index contributed by atoms with van der Waals surface area (Å²) in [7, 11) is 0. The number of nitrogens with one attached hydrogen (secondary N) is 2. The van der Waals surface area contributed by atoms with E-state index in [1.165, 1.54) is 0 Å². The van der Waals surface area contributed by atoms with Crippen LogP contribution in [0.15, 0.2) is 71.7 Å². The van der Waals surface area contributed by atoms with E-state index in [0.717, 1.165) is 46.6 Å². The summed E-state index contributed by atoms with van der Waals surface area (Å²) in [6.07, 6.45) is 3.30. The molecule has 34 heavy (non-hydrogen) atoms. The molecule has 0 fully saturated rings. The molecule has 0 radical (unpaired) electrons. The van der Waals surface area contributed by atoms with E-state index in [2.05, 4.69) is 50.8 Å². The summed E-state index contributed by atoms with van der Waals surface area (Å²) >= 11 is 0.988. The predicted molar refractivity (Wildman–Crippen MR) is 135 cm³/mol. The van der Waals surface area contributed by atoms with Crippen molar-refractivity contribution in [3.05, 3.63) is 87.7 Å². The molecule has 0 aliphatic rings. The van der Waals surface area contributed by atoms with E-state index >= 15 is 0 Å². The maximum atomic E-state index is 12.3. The molecule has 0 spiro atoms. The zero-order chi connectivity index (χ0) is 23.9. The van der Waals surface area contributed by atoms with E-state index in [9.17, 15) is 9.59 Å². The molecule has 0 aliphatic carbocycles. The third kappa shape index (κ3) is 5.40. The molecule has 4 aromatic rings. The Morgan fingerprint density at radius 1 is 1.06 bits per heavy atom. The topological polar surface area (TPSA) is 97.0 Å². The molecule has 1 atom stereocenters. The first-order valence-corrected chi connectivity index (χ1v) is 12.0. The van der Waals surface area contributed by atoms with Crippen LogP contribution in [0.3, 0.4) is 0 Å². The summed E-state index contributed by atoms with van der Waals surface area (Å²) in [5.74, 6) is 0.741. The van der Waals surface area contributed by atoms with Gasteiger partial charge in [-0.1, -0.05) is 55.5 Å². The molecule has 0 saturated heterocycles. The number of hydrogen-bond donors (Lipinski definition) is 2. The Kier molecular flexibility index (Phi) is 7.49. The van der Waals surface area contributed by atoms with E-state index in [-0.39, 0.29) is 16.9 Å². The fourth-order valence-corrected chi connectivity index (χ4v) is 4.25. The third-order valence-electron chi connectivity index (χ3n) is 5.50. The molecule has 2 N–H and O–H groups in total. The van der Waals surface area contributed by atoms with Crippen LogP contribution in [0.25, 0.3) is 22.5 Å². The summed E-state index contributed by atoms with van der Waals surface area (Å²) < 4.78 is 8.15. The second-order valence-electron chi connectivity index (χ2n) is 7.75. The molecule has 1 unspecified atom stereocenters. The lowest BCUT2D eigenvalue weighted by atomic mass is 9.96. The Bertz CT molecular complexity index is 1310. The van der Waals surface area contributed by atoms with Gasteiger partial charge in [-0.05, 0) is 48.6 Å². The number of rotatable bonds is 9. The molecule has 7 nitrogen and oxygen atoms in total. The van der Waals surface area contributed by atoms with Gasteiger partial charge in [-0.15, -0.1) is 0 Å².